The van der Waals surface area contributed by atoms with Crippen LogP contribution in [-0.2, 0) is 11.8 Å². The normalized spacial score (nSPS) is 10.8. The van der Waals surface area contributed by atoms with E-state index in [1.165, 1.54) is 7.11 Å². The van der Waals surface area contributed by atoms with Gasteiger partial charge in [0.1, 0.15) is 5.69 Å². The van der Waals surface area contributed by atoms with E-state index in [1.807, 2.05) is 11.6 Å². The number of hydrogen-bond acceptors (Lipinski definition) is 4. The van der Waals surface area contributed by atoms with E-state index in [2.05, 4.69) is 15.0 Å². The molecule has 0 bridgehead atoms. The largest absolute Gasteiger partial charge is 0.465 e. The zero-order valence-corrected chi connectivity index (χ0v) is 10.5. The van der Waals surface area contributed by atoms with Crippen molar-refractivity contribution >= 4 is 17.0 Å². The summed E-state index contributed by atoms with van der Waals surface area (Å²) in [6.45, 7) is 0. The second kappa shape index (κ2) is 4.24. The number of aromatic nitrogens is 4. The number of H-pyrrole nitrogens is 1. The quantitative estimate of drug-likeness (QED) is 0.709. The van der Waals surface area contributed by atoms with Gasteiger partial charge in [-0.2, -0.15) is 0 Å². The van der Waals surface area contributed by atoms with Crippen LogP contribution in [0.15, 0.2) is 30.7 Å². The molecule has 3 rings (SSSR count). The molecule has 0 amide bonds. The van der Waals surface area contributed by atoms with Crippen LogP contribution in [0.3, 0.4) is 0 Å². The zero-order chi connectivity index (χ0) is 13.4. The van der Waals surface area contributed by atoms with Crippen molar-refractivity contribution < 1.29 is 9.53 Å². The number of benzene rings is 1. The number of hydrogen-bond donors (Lipinski definition) is 1. The van der Waals surface area contributed by atoms with Crippen LogP contribution in [-0.4, -0.2) is 32.6 Å². The van der Waals surface area contributed by atoms with E-state index in [-0.39, 0.29) is 5.97 Å². The van der Waals surface area contributed by atoms with Gasteiger partial charge in [-0.3, -0.25) is 0 Å². The van der Waals surface area contributed by atoms with E-state index in [1.54, 1.807) is 30.7 Å². The van der Waals surface area contributed by atoms with Crippen molar-refractivity contribution in [3.8, 4) is 11.5 Å². The van der Waals surface area contributed by atoms with Gasteiger partial charge < -0.3 is 14.3 Å². The number of aryl methyl sites for hydroxylation is 1. The lowest BCUT2D eigenvalue weighted by atomic mass is 10.2. The molecule has 19 heavy (non-hydrogen) atoms. The van der Waals surface area contributed by atoms with Gasteiger partial charge in [0.25, 0.3) is 0 Å². The Morgan fingerprint density at radius 1 is 1.42 bits per heavy atom. The molecule has 2 heterocycles. The van der Waals surface area contributed by atoms with Crippen molar-refractivity contribution in [1.29, 1.82) is 0 Å². The molecule has 0 saturated carbocycles. The summed E-state index contributed by atoms with van der Waals surface area (Å²) in [5.41, 5.74) is 2.97. The Labute approximate surface area is 109 Å². The first-order chi connectivity index (χ1) is 9.19. The molecular weight excluding hydrogens is 244 g/mol. The molecule has 96 valence electrons. The van der Waals surface area contributed by atoms with Crippen LogP contribution >= 0.6 is 0 Å². The predicted octanol–water partition coefficient (Wildman–Crippen LogP) is 1.75. The number of nitrogens with zero attached hydrogens (tertiary/aromatic N) is 3. The maximum Gasteiger partial charge on any atom is 0.337 e. The first kappa shape index (κ1) is 11.5. The van der Waals surface area contributed by atoms with Crippen molar-refractivity contribution in [1.82, 2.24) is 19.5 Å². The summed E-state index contributed by atoms with van der Waals surface area (Å²) in [6.07, 6.45) is 3.45. The summed E-state index contributed by atoms with van der Waals surface area (Å²) in [7, 11) is 3.26. The molecule has 0 aliphatic heterocycles. The fourth-order valence-electron chi connectivity index (χ4n) is 1.96. The molecule has 0 spiro atoms. The van der Waals surface area contributed by atoms with Gasteiger partial charge in [-0.15, -0.1) is 0 Å². The Balaban J connectivity index is 2.11. The van der Waals surface area contributed by atoms with E-state index >= 15 is 0 Å². The second-order valence-electron chi connectivity index (χ2n) is 4.20. The number of aromatic amines is 1. The highest BCUT2D eigenvalue weighted by molar-refractivity contribution is 5.94. The Kier molecular flexibility index (Phi) is 2.56. The van der Waals surface area contributed by atoms with Gasteiger partial charge >= 0.3 is 5.97 Å². The summed E-state index contributed by atoms with van der Waals surface area (Å²) in [5, 5.41) is 0. The average Bonchev–Trinajstić information content (AvgIpc) is 3.02. The third-order valence-corrected chi connectivity index (χ3v) is 2.96. The average molecular weight is 256 g/mol. The number of fused-ring (bicyclic) bond motifs is 1. The number of methoxy groups -OCH3 is 1. The first-order valence-corrected chi connectivity index (χ1v) is 5.74. The highest BCUT2D eigenvalue weighted by Crippen LogP contribution is 2.20. The second-order valence-corrected chi connectivity index (χ2v) is 4.20. The summed E-state index contributed by atoms with van der Waals surface area (Å²) in [6, 6.07) is 5.22. The van der Waals surface area contributed by atoms with Crippen LogP contribution in [0, 0.1) is 0 Å². The molecule has 2 aromatic heterocycles. The van der Waals surface area contributed by atoms with Crippen LogP contribution in [0.5, 0.6) is 0 Å². The number of esters is 1. The van der Waals surface area contributed by atoms with E-state index in [0.29, 0.717) is 5.56 Å². The van der Waals surface area contributed by atoms with Crippen LogP contribution in [0.1, 0.15) is 10.4 Å². The SMILES string of the molecule is COC(=O)c1ccc2nc(-c3cncn3C)[nH]c2c1. The Morgan fingerprint density at radius 3 is 2.95 bits per heavy atom. The highest BCUT2D eigenvalue weighted by Gasteiger charge is 2.11. The van der Waals surface area contributed by atoms with Crippen molar-refractivity contribution in [3.63, 3.8) is 0 Å². The van der Waals surface area contributed by atoms with E-state index < -0.39 is 0 Å². The monoisotopic (exact) mass is 256 g/mol. The van der Waals surface area contributed by atoms with Gasteiger partial charge in [0.2, 0.25) is 0 Å². The zero-order valence-electron chi connectivity index (χ0n) is 10.5. The molecule has 3 aromatic rings. The molecule has 0 fully saturated rings. The number of carbonyl (C=O) groups is 1. The smallest absolute Gasteiger partial charge is 0.337 e. The van der Waals surface area contributed by atoms with Gasteiger partial charge in [0.15, 0.2) is 5.82 Å². The van der Waals surface area contributed by atoms with Crippen LogP contribution in [0.4, 0.5) is 0 Å². The first-order valence-electron chi connectivity index (χ1n) is 5.74. The summed E-state index contributed by atoms with van der Waals surface area (Å²) >= 11 is 0. The van der Waals surface area contributed by atoms with Crippen molar-refractivity contribution in [2.45, 2.75) is 0 Å². The van der Waals surface area contributed by atoms with E-state index in [0.717, 1.165) is 22.6 Å². The van der Waals surface area contributed by atoms with Gasteiger partial charge in [-0.1, -0.05) is 0 Å². The molecule has 1 N–H and O–H groups in total. The minimum absolute atomic E-state index is 0.362. The fraction of sp³-hybridized carbons (Fsp3) is 0.154. The Morgan fingerprint density at radius 2 is 2.26 bits per heavy atom. The van der Waals surface area contributed by atoms with Crippen molar-refractivity contribution in [2.75, 3.05) is 7.11 Å². The van der Waals surface area contributed by atoms with Gasteiger partial charge in [0, 0.05) is 7.05 Å². The molecule has 6 nitrogen and oxygen atoms in total. The third kappa shape index (κ3) is 1.87. The molecule has 0 saturated heterocycles. The minimum atomic E-state index is -0.362. The number of imidazole rings is 2. The lowest BCUT2D eigenvalue weighted by Crippen LogP contribution is -2.00. The predicted molar refractivity (Wildman–Crippen MR) is 69.6 cm³/mol. The Hall–Kier alpha value is -2.63. The van der Waals surface area contributed by atoms with Crippen LogP contribution in [0.2, 0.25) is 0 Å². The number of nitrogens with one attached hydrogen (secondary N) is 1. The van der Waals surface area contributed by atoms with Crippen molar-refractivity contribution in [3.05, 3.63) is 36.3 Å². The van der Waals surface area contributed by atoms with Gasteiger partial charge in [-0.25, -0.2) is 14.8 Å². The standard InChI is InChI=1S/C13H12N4O2/c1-17-7-14-6-11(17)12-15-9-4-3-8(13(18)19-2)5-10(9)16-12/h3-7H,1-2H3,(H,15,16). The Bertz CT molecular complexity index is 757. The molecule has 6 heteroatoms. The maximum atomic E-state index is 11.5. The van der Waals surface area contributed by atoms with Gasteiger partial charge in [0.05, 0.1) is 36.2 Å². The molecular formula is C13H12N4O2. The summed E-state index contributed by atoms with van der Waals surface area (Å²) in [5.74, 6) is 0.357. The molecule has 0 unspecified atom stereocenters. The number of ether oxygens (including phenoxy) is 1. The molecule has 0 aliphatic rings. The van der Waals surface area contributed by atoms with E-state index in [9.17, 15) is 4.79 Å². The molecule has 0 atom stereocenters. The summed E-state index contributed by atoms with van der Waals surface area (Å²) < 4.78 is 6.57. The van der Waals surface area contributed by atoms with Crippen LogP contribution < -0.4 is 0 Å². The molecule has 0 radical (unpaired) electrons. The topological polar surface area (TPSA) is 72.8 Å². The fourth-order valence-corrected chi connectivity index (χ4v) is 1.96. The lowest BCUT2D eigenvalue weighted by Gasteiger charge is -1.97. The maximum absolute atomic E-state index is 11.5. The number of carbonyl (C=O) groups excluding carboxylic acids is 1. The van der Waals surface area contributed by atoms with Crippen LogP contribution in [0.25, 0.3) is 22.6 Å². The lowest BCUT2D eigenvalue weighted by molar-refractivity contribution is 0.0601. The number of rotatable bonds is 2. The molecule has 1 aromatic carbocycles. The van der Waals surface area contributed by atoms with E-state index in [4.69, 9.17) is 4.74 Å². The minimum Gasteiger partial charge on any atom is -0.465 e. The highest BCUT2D eigenvalue weighted by atomic mass is 16.5. The van der Waals surface area contributed by atoms with Crippen molar-refractivity contribution in [2.24, 2.45) is 7.05 Å². The molecule has 0 aliphatic carbocycles. The summed E-state index contributed by atoms with van der Waals surface area (Å²) in [4.78, 5) is 23.2. The van der Waals surface area contributed by atoms with Gasteiger partial charge in [-0.05, 0) is 18.2 Å². The third-order valence-electron chi connectivity index (χ3n) is 2.96.